The SMILES string of the molecule is Clc1ccc(COc2ccc(CNc3nn[nH]n3)cc2)c(Cl)c1. The minimum atomic E-state index is 0.385. The van der Waals surface area contributed by atoms with Crippen molar-refractivity contribution < 1.29 is 4.74 Å². The molecule has 0 atom stereocenters. The Kier molecular flexibility index (Phi) is 4.95. The molecule has 0 radical (unpaired) electrons. The molecule has 118 valence electrons. The second kappa shape index (κ2) is 7.30. The lowest BCUT2D eigenvalue weighted by Gasteiger charge is -2.09. The number of nitrogens with zero attached hydrogens (tertiary/aromatic N) is 3. The van der Waals surface area contributed by atoms with Gasteiger partial charge in [-0.15, -0.1) is 5.10 Å². The summed E-state index contributed by atoms with van der Waals surface area (Å²) < 4.78 is 5.73. The first-order chi connectivity index (χ1) is 11.2. The van der Waals surface area contributed by atoms with Gasteiger partial charge in [-0.3, -0.25) is 0 Å². The van der Waals surface area contributed by atoms with Crippen LogP contribution in [0.1, 0.15) is 11.1 Å². The minimum absolute atomic E-state index is 0.385. The van der Waals surface area contributed by atoms with E-state index in [0.717, 1.165) is 16.9 Å². The number of hydrogen-bond donors (Lipinski definition) is 2. The van der Waals surface area contributed by atoms with Crippen molar-refractivity contribution in [3.8, 4) is 5.75 Å². The summed E-state index contributed by atoms with van der Waals surface area (Å²) >= 11 is 12.0. The van der Waals surface area contributed by atoms with Crippen LogP contribution < -0.4 is 10.1 Å². The first-order valence-corrected chi connectivity index (χ1v) is 7.59. The zero-order valence-corrected chi connectivity index (χ0v) is 13.5. The summed E-state index contributed by atoms with van der Waals surface area (Å²) in [6, 6.07) is 13.1. The third kappa shape index (κ3) is 4.34. The fraction of sp³-hybridized carbons (Fsp3) is 0.133. The van der Waals surface area contributed by atoms with Crippen molar-refractivity contribution in [2.75, 3.05) is 5.32 Å². The third-order valence-corrected chi connectivity index (χ3v) is 3.72. The molecule has 0 fully saturated rings. The van der Waals surface area contributed by atoms with E-state index in [1.54, 1.807) is 12.1 Å². The molecule has 0 aliphatic rings. The van der Waals surface area contributed by atoms with Gasteiger partial charge in [-0.2, -0.15) is 5.21 Å². The van der Waals surface area contributed by atoms with Gasteiger partial charge in [-0.05, 0) is 35.0 Å². The summed E-state index contributed by atoms with van der Waals surface area (Å²) in [4.78, 5) is 0. The van der Waals surface area contributed by atoms with E-state index in [2.05, 4.69) is 25.9 Å². The molecule has 0 unspecified atom stereocenters. The summed E-state index contributed by atoms with van der Waals surface area (Å²) in [7, 11) is 0. The van der Waals surface area contributed by atoms with Crippen LogP contribution in [0.5, 0.6) is 5.75 Å². The molecule has 23 heavy (non-hydrogen) atoms. The summed E-state index contributed by atoms with van der Waals surface area (Å²) in [5, 5.41) is 17.8. The highest BCUT2D eigenvalue weighted by Gasteiger charge is 2.03. The molecule has 2 aromatic carbocycles. The number of anilines is 1. The van der Waals surface area contributed by atoms with Gasteiger partial charge in [0.1, 0.15) is 12.4 Å². The number of halogens is 2. The number of hydrogen-bond acceptors (Lipinski definition) is 5. The maximum atomic E-state index is 6.12. The monoisotopic (exact) mass is 349 g/mol. The van der Waals surface area contributed by atoms with Crippen molar-refractivity contribution in [2.45, 2.75) is 13.2 Å². The van der Waals surface area contributed by atoms with E-state index in [1.807, 2.05) is 30.3 Å². The molecule has 0 aliphatic heterocycles. The molecular weight excluding hydrogens is 337 g/mol. The average molecular weight is 350 g/mol. The molecule has 8 heteroatoms. The fourth-order valence-electron chi connectivity index (χ4n) is 1.92. The second-order valence-electron chi connectivity index (χ2n) is 4.76. The lowest BCUT2D eigenvalue weighted by Crippen LogP contribution is -2.01. The van der Waals surface area contributed by atoms with Crippen LogP contribution in [0.4, 0.5) is 5.95 Å². The van der Waals surface area contributed by atoms with Crippen molar-refractivity contribution in [3.05, 3.63) is 63.6 Å². The van der Waals surface area contributed by atoms with Crippen LogP contribution in [0.3, 0.4) is 0 Å². The van der Waals surface area contributed by atoms with Gasteiger partial charge < -0.3 is 10.1 Å². The highest BCUT2D eigenvalue weighted by atomic mass is 35.5. The smallest absolute Gasteiger partial charge is 0.263 e. The molecule has 1 heterocycles. The number of tetrazole rings is 1. The third-order valence-electron chi connectivity index (χ3n) is 3.13. The lowest BCUT2D eigenvalue weighted by atomic mass is 10.2. The van der Waals surface area contributed by atoms with Crippen LogP contribution in [0.15, 0.2) is 42.5 Å². The fourth-order valence-corrected chi connectivity index (χ4v) is 2.38. The van der Waals surface area contributed by atoms with E-state index >= 15 is 0 Å². The van der Waals surface area contributed by atoms with Gasteiger partial charge in [0.15, 0.2) is 0 Å². The van der Waals surface area contributed by atoms with Crippen molar-refractivity contribution in [3.63, 3.8) is 0 Å². The predicted octanol–water partition coefficient (Wildman–Crippen LogP) is 3.70. The highest BCUT2D eigenvalue weighted by molar-refractivity contribution is 6.35. The largest absolute Gasteiger partial charge is 0.489 e. The first kappa shape index (κ1) is 15.6. The quantitative estimate of drug-likeness (QED) is 0.709. The molecule has 0 amide bonds. The normalized spacial score (nSPS) is 10.5. The van der Waals surface area contributed by atoms with Gasteiger partial charge in [-0.1, -0.05) is 46.5 Å². The second-order valence-corrected chi connectivity index (χ2v) is 5.60. The molecule has 0 bridgehead atoms. The molecule has 2 N–H and O–H groups in total. The van der Waals surface area contributed by atoms with Crippen LogP contribution in [0.2, 0.25) is 10.0 Å². The van der Waals surface area contributed by atoms with Crippen molar-refractivity contribution in [1.82, 2.24) is 20.6 Å². The van der Waals surface area contributed by atoms with E-state index in [-0.39, 0.29) is 0 Å². The van der Waals surface area contributed by atoms with E-state index in [4.69, 9.17) is 27.9 Å². The van der Waals surface area contributed by atoms with Gasteiger partial charge in [0.25, 0.3) is 5.95 Å². The van der Waals surface area contributed by atoms with Crippen molar-refractivity contribution in [1.29, 1.82) is 0 Å². The molecule has 0 aliphatic carbocycles. The van der Waals surface area contributed by atoms with Crippen LogP contribution >= 0.6 is 23.2 Å². The number of aromatic amines is 1. The molecule has 3 aromatic rings. The number of benzene rings is 2. The van der Waals surface area contributed by atoms with Gasteiger partial charge in [0.05, 0.1) is 0 Å². The van der Waals surface area contributed by atoms with Crippen molar-refractivity contribution in [2.24, 2.45) is 0 Å². The Balaban J connectivity index is 1.54. The van der Waals surface area contributed by atoms with Crippen LogP contribution in [-0.2, 0) is 13.2 Å². The zero-order valence-electron chi connectivity index (χ0n) is 12.0. The molecule has 0 saturated heterocycles. The summed E-state index contributed by atoms with van der Waals surface area (Å²) in [5.74, 6) is 1.22. The van der Waals surface area contributed by atoms with Gasteiger partial charge in [-0.25, -0.2) is 0 Å². The summed E-state index contributed by atoms with van der Waals surface area (Å²) in [6.45, 7) is 0.985. The Hall–Kier alpha value is -2.31. The minimum Gasteiger partial charge on any atom is -0.489 e. The molecular formula is C15H13Cl2N5O. The predicted molar refractivity (Wildman–Crippen MR) is 88.7 cm³/mol. The van der Waals surface area contributed by atoms with Crippen molar-refractivity contribution >= 4 is 29.2 Å². The molecule has 0 saturated carbocycles. The maximum absolute atomic E-state index is 6.12. The summed E-state index contributed by atoms with van der Waals surface area (Å²) in [5.41, 5.74) is 1.96. The van der Waals surface area contributed by atoms with Gasteiger partial charge in [0, 0.05) is 22.2 Å². The Morgan fingerprint density at radius 3 is 2.61 bits per heavy atom. The molecule has 6 nitrogen and oxygen atoms in total. The average Bonchev–Trinajstić information content (AvgIpc) is 3.07. The number of rotatable bonds is 6. The maximum Gasteiger partial charge on any atom is 0.263 e. The number of aromatic nitrogens is 4. The lowest BCUT2D eigenvalue weighted by molar-refractivity contribution is 0.306. The molecule has 1 aromatic heterocycles. The summed E-state index contributed by atoms with van der Waals surface area (Å²) in [6.07, 6.45) is 0. The highest BCUT2D eigenvalue weighted by Crippen LogP contribution is 2.23. The Labute approximate surface area is 142 Å². The Morgan fingerprint density at radius 2 is 1.91 bits per heavy atom. The van der Waals surface area contributed by atoms with E-state index in [0.29, 0.717) is 29.1 Å². The molecule has 0 spiro atoms. The first-order valence-electron chi connectivity index (χ1n) is 6.84. The number of H-pyrrole nitrogens is 1. The van der Waals surface area contributed by atoms with E-state index < -0.39 is 0 Å². The Bertz CT molecular complexity index is 762. The van der Waals surface area contributed by atoms with E-state index in [9.17, 15) is 0 Å². The Morgan fingerprint density at radius 1 is 1.09 bits per heavy atom. The van der Waals surface area contributed by atoms with Crippen LogP contribution in [0, 0.1) is 0 Å². The number of ether oxygens (including phenoxy) is 1. The van der Waals surface area contributed by atoms with Gasteiger partial charge in [0.2, 0.25) is 0 Å². The van der Waals surface area contributed by atoms with Crippen LogP contribution in [-0.4, -0.2) is 20.6 Å². The van der Waals surface area contributed by atoms with E-state index in [1.165, 1.54) is 0 Å². The zero-order chi connectivity index (χ0) is 16.1. The van der Waals surface area contributed by atoms with Crippen LogP contribution in [0.25, 0.3) is 0 Å². The standard InChI is InChI=1S/C15H13Cl2N5O/c16-12-4-3-11(14(17)7-12)9-23-13-5-1-10(2-6-13)8-18-15-19-21-22-20-15/h1-7H,8-9H2,(H2,18,19,20,21,22). The van der Waals surface area contributed by atoms with Gasteiger partial charge >= 0.3 is 0 Å². The number of nitrogens with one attached hydrogen (secondary N) is 2. The topological polar surface area (TPSA) is 75.7 Å². The molecule has 3 rings (SSSR count).